The summed E-state index contributed by atoms with van der Waals surface area (Å²) >= 11 is 0. The van der Waals surface area contributed by atoms with Gasteiger partial charge in [-0.25, -0.2) is 4.39 Å². The third-order valence-corrected chi connectivity index (χ3v) is 3.98. The van der Waals surface area contributed by atoms with E-state index in [0.29, 0.717) is 18.9 Å². The third-order valence-electron chi connectivity index (χ3n) is 3.98. The molecule has 0 saturated carbocycles. The van der Waals surface area contributed by atoms with E-state index in [1.807, 2.05) is 6.07 Å². The molecular formula is C15H22FN3O. The van der Waals surface area contributed by atoms with Gasteiger partial charge in [-0.15, -0.1) is 0 Å². The van der Waals surface area contributed by atoms with Crippen molar-refractivity contribution in [2.24, 2.45) is 17.4 Å². The fraction of sp³-hybridized carbons (Fsp3) is 0.533. The van der Waals surface area contributed by atoms with Crippen LogP contribution in [-0.4, -0.2) is 23.9 Å². The van der Waals surface area contributed by atoms with Gasteiger partial charge in [0, 0.05) is 19.5 Å². The van der Waals surface area contributed by atoms with Gasteiger partial charge in [0.15, 0.2) is 0 Å². The molecule has 4 nitrogen and oxygen atoms in total. The number of primary amides is 1. The predicted molar refractivity (Wildman–Crippen MR) is 76.1 cm³/mol. The van der Waals surface area contributed by atoms with E-state index in [0.717, 1.165) is 43.6 Å². The summed E-state index contributed by atoms with van der Waals surface area (Å²) in [6, 6.07) is 4.80. The van der Waals surface area contributed by atoms with Crippen LogP contribution in [0, 0.1) is 11.7 Å². The molecule has 1 heterocycles. The molecule has 0 aliphatic carbocycles. The molecule has 0 aromatic heterocycles. The number of piperidine rings is 1. The summed E-state index contributed by atoms with van der Waals surface area (Å²) in [6.07, 6.45) is 2.46. The Labute approximate surface area is 118 Å². The van der Waals surface area contributed by atoms with Crippen molar-refractivity contribution in [2.45, 2.75) is 32.4 Å². The number of amides is 1. The van der Waals surface area contributed by atoms with E-state index in [9.17, 15) is 9.18 Å². The Morgan fingerprint density at radius 2 is 2.00 bits per heavy atom. The fourth-order valence-electron chi connectivity index (χ4n) is 2.81. The molecule has 0 radical (unpaired) electrons. The molecule has 1 aromatic rings. The normalized spacial score (nSPS) is 17.3. The first kappa shape index (κ1) is 14.9. The second kappa shape index (κ2) is 6.81. The molecule has 1 aliphatic rings. The number of benzene rings is 1. The van der Waals surface area contributed by atoms with E-state index < -0.39 is 0 Å². The van der Waals surface area contributed by atoms with Gasteiger partial charge >= 0.3 is 0 Å². The largest absolute Gasteiger partial charge is 0.370 e. The maximum Gasteiger partial charge on any atom is 0.217 e. The minimum absolute atomic E-state index is 0.215. The molecule has 5 heteroatoms. The molecule has 0 bridgehead atoms. The number of nitrogens with zero attached hydrogens (tertiary/aromatic N) is 1. The average molecular weight is 279 g/mol. The Kier molecular flexibility index (Phi) is 5.09. The van der Waals surface area contributed by atoms with Crippen molar-refractivity contribution >= 4 is 5.91 Å². The highest BCUT2D eigenvalue weighted by atomic mass is 19.1. The summed E-state index contributed by atoms with van der Waals surface area (Å²) in [5, 5.41) is 0. The zero-order valence-electron chi connectivity index (χ0n) is 11.6. The number of likely N-dealkylation sites (tertiary alicyclic amines) is 1. The van der Waals surface area contributed by atoms with Crippen molar-refractivity contribution in [3.8, 4) is 0 Å². The molecule has 2 rings (SSSR count). The summed E-state index contributed by atoms with van der Waals surface area (Å²) in [7, 11) is 0. The maximum absolute atomic E-state index is 13.2. The molecule has 1 amide bonds. The number of hydrogen-bond donors (Lipinski definition) is 2. The van der Waals surface area contributed by atoms with Crippen LogP contribution >= 0.6 is 0 Å². The van der Waals surface area contributed by atoms with Crippen LogP contribution < -0.4 is 11.5 Å². The summed E-state index contributed by atoms with van der Waals surface area (Å²) in [4.78, 5) is 13.2. The monoisotopic (exact) mass is 279 g/mol. The molecular weight excluding hydrogens is 257 g/mol. The number of hydrogen-bond acceptors (Lipinski definition) is 3. The summed E-state index contributed by atoms with van der Waals surface area (Å²) in [5.41, 5.74) is 12.8. The van der Waals surface area contributed by atoms with Crippen molar-refractivity contribution in [1.29, 1.82) is 0 Å². The first-order chi connectivity index (χ1) is 9.58. The van der Waals surface area contributed by atoms with Crippen LogP contribution in [0.3, 0.4) is 0 Å². The van der Waals surface area contributed by atoms with Crippen LogP contribution in [0.1, 0.15) is 30.4 Å². The standard InChI is InChI=1S/C15H22FN3O/c16-14-2-1-12(13(8-14)9-17)10-19-5-3-11(4-6-19)7-15(18)20/h1-2,8,11H,3-7,9-10,17H2,(H2,18,20). The van der Waals surface area contributed by atoms with Gasteiger partial charge in [-0.1, -0.05) is 6.07 Å². The topological polar surface area (TPSA) is 72.3 Å². The first-order valence-electron chi connectivity index (χ1n) is 7.06. The number of halogens is 1. The number of nitrogens with two attached hydrogens (primary N) is 2. The van der Waals surface area contributed by atoms with E-state index in [4.69, 9.17) is 11.5 Å². The lowest BCUT2D eigenvalue weighted by Gasteiger charge is -2.31. The summed E-state index contributed by atoms with van der Waals surface area (Å²) in [6.45, 7) is 3.03. The van der Waals surface area contributed by atoms with Gasteiger partial charge < -0.3 is 11.5 Å². The summed E-state index contributed by atoms with van der Waals surface area (Å²) < 4.78 is 13.2. The van der Waals surface area contributed by atoms with Gasteiger partial charge in [0.05, 0.1) is 0 Å². The molecule has 4 N–H and O–H groups in total. The lowest BCUT2D eigenvalue weighted by atomic mass is 9.93. The number of rotatable bonds is 5. The van der Waals surface area contributed by atoms with Crippen molar-refractivity contribution in [3.05, 3.63) is 35.1 Å². The lowest BCUT2D eigenvalue weighted by molar-refractivity contribution is -0.119. The highest BCUT2D eigenvalue weighted by Gasteiger charge is 2.21. The number of carbonyl (C=O) groups excluding carboxylic acids is 1. The van der Waals surface area contributed by atoms with Gasteiger partial charge in [-0.2, -0.15) is 0 Å². The molecule has 0 atom stereocenters. The van der Waals surface area contributed by atoms with Crippen LogP contribution in [0.25, 0.3) is 0 Å². The first-order valence-corrected chi connectivity index (χ1v) is 7.06. The van der Waals surface area contributed by atoms with Gasteiger partial charge in [0.25, 0.3) is 0 Å². The minimum Gasteiger partial charge on any atom is -0.370 e. The Balaban J connectivity index is 1.91. The van der Waals surface area contributed by atoms with Crippen LogP contribution in [0.4, 0.5) is 4.39 Å². The zero-order valence-corrected chi connectivity index (χ0v) is 11.6. The van der Waals surface area contributed by atoms with Gasteiger partial charge in [-0.05, 0) is 55.1 Å². The van der Waals surface area contributed by atoms with E-state index >= 15 is 0 Å². The van der Waals surface area contributed by atoms with Crippen LogP contribution in [0.5, 0.6) is 0 Å². The van der Waals surface area contributed by atoms with Gasteiger partial charge in [0.1, 0.15) is 5.82 Å². The Hall–Kier alpha value is -1.46. The van der Waals surface area contributed by atoms with Gasteiger partial charge in [0.2, 0.25) is 5.91 Å². The highest BCUT2D eigenvalue weighted by Crippen LogP contribution is 2.22. The van der Waals surface area contributed by atoms with Crippen molar-refractivity contribution in [2.75, 3.05) is 13.1 Å². The predicted octanol–water partition coefficient (Wildman–Crippen LogP) is 1.37. The molecule has 20 heavy (non-hydrogen) atoms. The van der Waals surface area contributed by atoms with E-state index in [-0.39, 0.29) is 11.7 Å². The smallest absolute Gasteiger partial charge is 0.217 e. The van der Waals surface area contributed by atoms with Crippen LogP contribution in [-0.2, 0) is 17.9 Å². The molecule has 1 aliphatic heterocycles. The fourth-order valence-corrected chi connectivity index (χ4v) is 2.81. The average Bonchev–Trinajstić information content (AvgIpc) is 2.42. The Morgan fingerprint density at radius 1 is 1.30 bits per heavy atom. The van der Waals surface area contributed by atoms with Gasteiger partial charge in [-0.3, -0.25) is 9.69 Å². The molecule has 1 aromatic carbocycles. The third kappa shape index (κ3) is 4.02. The molecule has 0 spiro atoms. The highest BCUT2D eigenvalue weighted by molar-refractivity contribution is 5.73. The van der Waals surface area contributed by atoms with E-state index in [2.05, 4.69) is 4.90 Å². The molecule has 110 valence electrons. The maximum atomic E-state index is 13.2. The SMILES string of the molecule is NCc1cc(F)ccc1CN1CCC(CC(N)=O)CC1. The second-order valence-corrected chi connectivity index (χ2v) is 5.51. The molecule has 0 unspecified atom stereocenters. The summed E-state index contributed by atoms with van der Waals surface area (Å²) in [5.74, 6) is -0.0484. The Bertz CT molecular complexity index is 470. The zero-order chi connectivity index (χ0) is 14.5. The van der Waals surface area contributed by atoms with Crippen molar-refractivity contribution in [3.63, 3.8) is 0 Å². The molecule has 1 fully saturated rings. The van der Waals surface area contributed by atoms with Crippen molar-refractivity contribution in [1.82, 2.24) is 4.90 Å². The second-order valence-electron chi connectivity index (χ2n) is 5.51. The Morgan fingerprint density at radius 3 is 2.60 bits per heavy atom. The van der Waals surface area contributed by atoms with E-state index in [1.54, 1.807) is 0 Å². The van der Waals surface area contributed by atoms with Crippen molar-refractivity contribution < 1.29 is 9.18 Å². The van der Waals surface area contributed by atoms with Crippen LogP contribution in [0.15, 0.2) is 18.2 Å². The van der Waals surface area contributed by atoms with E-state index in [1.165, 1.54) is 12.1 Å². The lowest BCUT2D eigenvalue weighted by Crippen LogP contribution is -2.35. The number of carbonyl (C=O) groups is 1. The quantitative estimate of drug-likeness (QED) is 0.855. The molecule has 1 saturated heterocycles. The minimum atomic E-state index is -0.241. The van der Waals surface area contributed by atoms with Crippen LogP contribution in [0.2, 0.25) is 0 Å².